The van der Waals surface area contributed by atoms with Gasteiger partial charge in [-0.15, -0.1) is 0 Å². The molecule has 2 rings (SSSR count). The first kappa shape index (κ1) is 12.1. The Morgan fingerprint density at radius 2 is 2.00 bits per heavy atom. The SMILES string of the molecule is COc1cc(COc2cccc(O)c2)ccc1N. The van der Waals surface area contributed by atoms with Crippen molar-refractivity contribution in [1.29, 1.82) is 0 Å². The number of rotatable bonds is 4. The summed E-state index contributed by atoms with van der Waals surface area (Å²) < 4.78 is 10.7. The maximum atomic E-state index is 9.31. The molecule has 0 aliphatic heterocycles. The van der Waals surface area contributed by atoms with E-state index in [9.17, 15) is 5.11 Å². The van der Waals surface area contributed by atoms with Gasteiger partial charge in [-0.25, -0.2) is 0 Å². The van der Waals surface area contributed by atoms with E-state index in [0.717, 1.165) is 5.56 Å². The second kappa shape index (κ2) is 5.31. The molecule has 0 aliphatic rings. The molecule has 4 nitrogen and oxygen atoms in total. The first-order chi connectivity index (χ1) is 8.69. The molecule has 0 heterocycles. The van der Waals surface area contributed by atoms with Gasteiger partial charge in [0.25, 0.3) is 0 Å². The summed E-state index contributed by atoms with van der Waals surface area (Å²) in [6.45, 7) is 0.389. The molecule has 2 aromatic rings. The van der Waals surface area contributed by atoms with E-state index in [1.54, 1.807) is 37.4 Å². The number of ether oxygens (including phenoxy) is 2. The van der Waals surface area contributed by atoms with Crippen molar-refractivity contribution in [3.8, 4) is 17.2 Å². The van der Waals surface area contributed by atoms with Gasteiger partial charge in [0.15, 0.2) is 0 Å². The van der Waals surface area contributed by atoms with Crippen molar-refractivity contribution in [2.24, 2.45) is 0 Å². The Bertz CT molecular complexity index is 540. The Kier molecular flexibility index (Phi) is 3.57. The summed E-state index contributed by atoms with van der Waals surface area (Å²) >= 11 is 0. The average Bonchev–Trinajstić information content (AvgIpc) is 2.38. The molecule has 0 radical (unpaired) electrons. The van der Waals surface area contributed by atoms with Gasteiger partial charge in [-0.1, -0.05) is 12.1 Å². The van der Waals surface area contributed by atoms with Gasteiger partial charge in [0.05, 0.1) is 12.8 Å². The summed E-state index contributed by atoms with van der Waals surface area (Å²) in [5.41, 5.74) is 7.27. The fourth-order valence-corrected chi connectivity index (χ4v) is 1.59. The third-order valence-corrected chi connectivity index (χ3v) is 2.52. The van der Waals surface area contributed by atoms with Gasteiger partial charge in [0, 0.05) is 6.07 Å². The van der Waals surface area contributed by atoms with Gasteiger partial charge in [0.2, 0.25) is 0 Å². The van der Waals surface area contributed by atoms with Gasteiger partial charge in [-0.05, 0) is 29.8 Å². The quantitative estimate of drug-likeness (QED) is 0.812. The van der Waals surface area contributed by atoms with Crippen LogP contribution in [-0.4, -0.2) is 12.2 Å². The Morgan fingerprint density at radius 1 is 1.17 bits per heavy atom. The normalized spacial score (nSPS) is 10.1. The first-order valence-electron chi connectivity index (χ1n) is 5.53. The summed E-state index contributed by atoms with van der Waals surface area (Å²) in [6, 6.07) is 12.2. The van der Waals surface area contributed by atoms with Crippen LogP contribution in [0.15, 0.2) is 42.5 Å². The van der Waals surface area contributed by atoms with Crippen LogP contribution in [0.25, 0.3) is 0 Å². The molecule has 0 bridgehead atoms. The van der Waals surface area contributed by atoms with Crippen molar-refractivity contribution in [2.45, 2.75) is 6.61 Å². The molecule has 0 aliphatic carbocycles. The second-order valence-corrected chi connectivity index (χ2v) is 3.86. The topological polar surface area (TPSA) is 64.7 Å². The van der Waals surface area contributed by atoms with E-state index < -0.39 is 0 Å². The standard InChI is InChI=1S/C14H15NO3/c1-17-14-7-10(5-6-13(14)15)9-18-12-4-2-3-11(16)8-12/h2-8,16H,9,15H2,1H3. The summed E-state index contributed by atoms with van der Waals surface area (Å²) in [5.74, 6) is 1.43. The molecule has 0 fully saturated rings. The van der Waals surface area contributed by atoms with Crippen molar-refractivity contribution in [2.75, 3.05) is 12.8 Å². The molecule has 18 heavy (non-hydrogen) atoms. The van der Waals surface area contributed by atoms with Crippen molar-refractivity contribution in [1.82, 2.24) is 0 Å². The predicted molar refractivity (Wildman–Crippen MR) is 69.8 cm³/mol. The van der Waals surface area contributed by atoms with Crippen LogP contribution >= 0.6 is 0 Å². The van der Waals surface area contributed by atoms with Crippen molar-refractivity contribution < 1.29 is 14.6 Å². The van der Waals surface area contributed by atoms with Crippen LogP contribution in [0.5, 0.6) is 17.2 Å². The number of hydrogen-bond acceptors (Lipinski definition) is 4. The molecule has 3 N–H and O–H groups in total. The van der Waals surface area contributed by atoms with Gasteiger partial charge in [-0.3, -0.25) is 0 Å². The van der Waals surface area contributed by atoms with E-state index in [-0.39, 0.29) is 5.75 Å². The van der Waals surface area contributed by atoms with Crippen molar-refractivity contribution in [3.63, 3.8) is 0 Å². The Balaban J connectivity index is 2.06. The largest absolute Gasteiger partial charge is 0.508 e. The maximum absolute atomic E-state index is 9.31. The predicted octanol–water partition coefficient (Wildman–Crippen LogP) is 2.56. The second-order valence-electron chi connectivity index (χ2n) is 3.86. The highest BCUT2D eigenvalue weighted by molar-refractivity contribution is 5.53. The van der Waals surface area contributed by atoms with Crippen molar-refractivity contribution in [3.05, 3.63) is 48.0 Å². The van der Waals surface area contributed by atoms with Crippen LogP contribution < -0.4 is 15.2 Å². The number of nitrogen functional groups attached to an aromatic ring is 1. The molecule has 0 unspecified atom stereocenters. The number of phenols is 1. The summed E-state index contributed by atoms with van der Waals surface area (Å²) in [5, 5.41) is 9.31. The molecule has 0 aromatic heterocycles. The van der Waals surface area contributed by atoms with E-state index in [1.165, 1.54) is 0 Å². The van der Waals surface area contributed by atoms with E-state index in [4.69, 9.17) is 15.2 Å². The van der Waals surface area contributed by atoms with Gasteiger partial charge < -0.3 is 20.3 Å². The van der Waals surface area contributed by atoms with E-state index in [2.05, 4.69) is 0 Å². The first-order valence-corrected chi connectivity index (χ1v) is 5.53. The molecular formula is C14H15NO3. The third kappa shape index (κ3) is 2.85. The average molecular weight is 245 g/mol. The van der Waals surface area contributed by atoms with E-state index in [0.29, 0.717) is 23.8 Å². The maximum Gasteiger partial charge on any atom is 0.142 e. The summed E-state index contributed by atoms with van der Waals surface area (Å²) in [4.78, 5) is 0. The number of aromatic hydroxyl groups is 1. The number of benzene rings is 2. The molecular weight excluding hydrogens is 230 g/mol. The van der Waals surface area contributed by atoms with Crippen LogP contribution in [0, 0.1) is 0 Å². The number of anilines is 1. The lowest BCUT2D eigenvalue weighted by atomic mass is 10.2. The third-order valence-electron chi connectivity index (χ3n) is 2.52. The molecule has 0 atom stereocenters. The molecule has 0 saturated carbocycles. The highest BCUT2D eigenvalue weighted by atomic mass is 16.5. The van der Waals surface area contributed by atoms with Crippen molar-refractivity contribution >= 4 is 5.69 Å². The zero-order chi connectivity index (χ0) is 13.0. The highest BCUT2D eigenvalue weighted by Crippen LogP contribution is 2.24. The fourth-order valence-electron chi connectivity index (χ4n) is 1.59. The van der Waals surface area contributed by atoms with E-state index >= 15 is 0 Å². The molecule has 0 saturated heterocycles. The molecule has 2 aromatic carbocycles. The molecule has 94 valence electrons. The molecule has 0 spiro atoms. The Labute approximate surface area is 106 Å². The smallest absolute Gasteiger partial charge is 0.142 e. The zero-order valence-electron chi connectivity index (χ0n) is 10.1. The lowest BCUT2D eigenvalue weighted by Gasteiger charge is -2.09. The number of phenolic OH excluding ortho intramolecular Hbond substituents is 1. The van der Waals surface area contributed by atoms with Gasteiger partial charge in [-0.2, -0.15) is 0 Å². The minimum Gasteiger partial charge on any atom is -0.508 e. The van der Waals surface area contributed by atoms with E-state index in [1.807, 2.05) is 12.1 Å². The monoisotopic (exact) mass is 245 g/mol. The Hall–Kier alpha value is -2.36. The lowest BCUT2D eigenvalue weighted by molar-refractivity contribution is 0.303. The van der Waals surface area contributed by atoms with Crippen LogP contribution in [0.1, 0.15) is 5.56 Å². The lowest BCUT2D eigenvalue weighted by Crippen LogP contribution is -1.98. The number of methoxy groups -OCH3 is 1. The summed E-state index contributed by atoms with van der Waals surface area (Å²) in [7, 11) is 1.57. The number of nitrogens with two attached hydrogens (primary N) is 1. The number of hydrogen-bond donors (Lipinski definition) is 2. The minimum absolute atomic E-state index is 0.183. The van der Waals surface area contributed by atoms with Gasteiger partial charge in [0.1, 0.15) is 23.9 Å². The van der Waals surface area contributed by atoms with Gasteiger partial charge >= 0.3 is 0 Å². The molecule has 4 heteroatoms. The van der Waals surface area contributed by atoms with Crippen LogP contribution in [0.2, 0.25) is 0 Å². The van der Waals surface area contributed by atoms with Crippen LogP contribution in [0.4, 0.5) is 5.69 Å². The molecule has 0 amide bonds. The van der Waals surface area contributed by atoms with Crippen LogP contribution in [-0.2, 0) is 6.61 Å². The highest BCUT2D eigenvalue weighted by Gasteiger charge is 2.02. The summed E-state index contributed by atoms with van der Waals surface area (Å²) in [6.07, 6.45) is 0. The minimum atomic E-state index is 0.183. The Morgan fingerprint density at radius 3 is 2.72 bits per heavy atom. The zero-order valence-corrected chi connectivity index (χ0v) is 10.1. The fraction of sp³-hybridized carbons (Fsp3) is 0.143. The van der Waals surface area contributed by atoms with Crippen LogP contribution in [0.3, 0.4) is 0 Å².